The molecular formula is C17H16N4OS. The van der Waals surface area contributed by atoms with E-state index in [0.717, 1.165) is 16.6 Å². The number of hydrogen-bond donors (Lipinski definition) is 3. The van der Waals surface area contributed by atoms with E-state index < -0.39 is 0 Å². The van der Waals surface area contributed by atoms with Crippen LogP contribution in [-0.2, 0) is 0 Å². The number of rotatable bonds is 5. The molecule has 1 aromatic heterocycles. The van der Waals surface area contributed by atoms with Crippen molar-refractivity contribution in [3.63, 3.8) is 0 Å². The molecule has 3 aromatic rings. The zero-order valence-electron chi connectivity index (χ0n) is 12.4. The fourth-order valence-electron chi connectivity index (χ4n) is 2.25. The molecule has 1 amide bonds. The predicted octanol–water partition coefficient (Wildman–Crippen LogP) is 3.03. The highest BCUT2D eigenvalue weighted by atomic mass is 32.1. The number of amides is 1. The topological polar surface area (TPSA) is 66.9 Å². The molecule has 0 bridgehead atoms. The Bertz CT molecular complexity index is 832. The Morgan fingerprint density at radius 1 is 1.09 bits per heavy atom. The molecule has 2 aromatic carbocycles. The van der Waals surface area contributed by atoms with Gasteiger partial charge in [-0.2, -0.15) is 12.6 Å². The summed E-state index contributed by atoms with van der Waals surface area (Å²) in [6.45, 7) is 0.538. The summed E-state index contributed by atoms with van der Waals surface area (Å²) in [6.07, 6.45) is 1.52. The number of para-hydroxylation sites is 1. The molecule has 0 spiro atoms. The standard InChI is InChI=1S/C17H16N4OS/c22-17(18-8-9-23)12-4-3-5-13(10-12)21-16-14-6-1-2-7-15(14)19-11-20-16/h1-7,10-11,23H,8-9H2,(H,18,22)(H,19,20,21). The van der Waals surface area contributed by atoms with Gasteiger partial charge in [-0.05, 0) is 30.3 Å². The number of nitrogens with zero attached hydrogens (tertiary/aromatic N) is 2. The SMILES string of the molecule is O=C(NCCS)c1cccc(Nc2ncnc3ccccc23)c1. The molecule has 1 heterocycles. The molecule has 2 N–H and O–H groups in total. The number of fused-ring (bicyclic) bond motifs is 1. The molecule has 0 unspecified atom stereocenters. The number of carbonyl (C=O) groups is 1. The minimum Gasteiger partial charge on any atom is -0.351 e. The highest BCUT2D eigenvalue weighted by Crippen LogP contribution is 2.23. The number of benzene rings is 2. The summed E-state index contributed by atoms with van der Waals surface area (Å²) < 4.78 is 0. The van der Waals surface area contributed by atoms with Crippen LogP contribution in [0.1, 0.15) is 10.4 Å². The number of anilines is 2. The van der Waals surface area contributed by atoms with Gasteiger partial charge in [-0.3, -0.25) is 4.79 Å². The summed E-state index contributed by atoms with van der Waals surface area (Å²) in [7, 11) is 0. The fourth-order valence-corrected chi connectivity index (χ4v) is 2.36. The van der Waals surface area contributed by atoms with E-state index in [1.165, 1.54) is 6.33 Å². The van der Waals surface area contributed by atoms with Crippen molar-refractivity contribution in [3.05, 3.63) is 60.4 Å². The molecule has 0 fully saturated rings. The monoisotopic (exact) mass is 324 g/mol. The third-order valence-corrected chi connectivity index (χ3v) is 3.55. The summed E-state index contributed by atoms with van der Waals surface area (Å²) in [4.78, 5) is 20.6. The molecular weight excluding hydrogens is 308 g/mol. The van der Waals surface area contributed by atoms with Gasteiger partial charge in [0, 0.05) is 28.9 Å². The van der Waals surface area contributed by atoms with Crippen molar-refractivity contribution in [2.75, 3.05) is 17.6 Å². The summed E-state index contributed by atoms with van der Waals surface area (Å²) in [5.41, 5.74) is 2.26. The van der Waals surface area contributed by atoms with Crippen LogP contribution in [0.4, 0.5) is 11.5 Å². The molecule has 116 valence electrons. The van der Waals surface area contributed by atoms with E-state index in [9.17, 15) is 4.79 Å². The third kappa shape index (κ3) is 3.60. The maximum Gasteiger partial charge on any atom is 0.251 e. The van der Waals surface area contributed by atoms with Crippen LogP contribution in [0.5, 0.6) is 0 Å². The Kier molecular flexibility index (Phi) is 4.73. The van der Waals surface area contributed by atoms with Crippen molar-refractivity contribution in [2.45, 2.75) is 0 Å². The smallest absolute Gasteiger partial charge is 0.251 e. The van der Waals surface area contributed by atoms with E-state index in [1.807, 2.05) is 36.4 Å². The second kappa shape index (κ2) is 7.11. The van der Waals surface area contributed by atoms with Gasteiger partial charge in [0.05, 0.1) is 5.52 Å². The molecule has 0 aliphatic carbocycles. The van der Waals surface area contributed by atoms with E-state index in [2.05, 4.69) is 33.2 Å². The van der Waals surface area contributed by atoms with Gasteiger partial charge in [0.2, 0.25) is 0 Å². The van der Waals surface area contributed by atoms with Crippen molar-refractivity contribution in [1.29, 1.82) is 0 Å². The van der Waals surface area contributed by atoms with E-state index in [4.69, 9.17) is 0 Å². The summed E-state index contributed by atoms with van der Waals surface area (Å²) >= 11 is 4.09. The predicted molar refractivity (Wildman–Crippen MR) is 95.4 cm³/mol. The average molecular weight is 324 g/mol. The molecule has 23 heavy (non-hydrogen) atoms. The number of thiol groups is 1. The Morgan fingerprint density at radius 3 is 2.83 bits per heavy atom. The van der Waals surface area contributed by atoms with Crippen molar-refractivity contribution < 1.29 is 4.79 Å². The van der Waals surface area contributed by atoms with Gasteiger partial charge in [0.1, 0.15) is 12.1 Å². The first-order chi connectivity index (χ1) is 11.3. The van der Waals surface area contributed by atoms with Crippen LogP contribution in [0.25, 0.3) is 10.9 Å². The van der Waals surface area contributed by atoms with Crippen LogP contribution >= 0.6 is 12.6 Å². The largest absolute Gasteiger partial charge is 0.351 e. The Labute approximate surface area is 139 Å². The zero-order chi connectivity index (χ0) is 16.1. The zero-order valence-corrected chi connectivity index (χ0v) is 13.3. The number of nitrogens with one attached hydrogen (secondary N) is 2. The number of aromatic nitrogens is 2. The first kappa shape index (κ1) is 15.3. The molecule has 0 aliphatic heterocycles. The van der Waals surface area contributed by atoms with Gasteiger partial charge in [-0.25, -0.2) is 9.97 Å². The normalized spacial score (nSPS) is 10.5. The second-order valence-electron chi connectivity index (χ2n) is 4.92. The van der Waals surface area contributed by atoms with Crippen LogP contribution < -0.4 is 10.6 Å². The lowest BCUT2D eigenvalue weighted by atomic mass is 10.1. The van der Waals surface area contributed by atoms with Crippen LogP contribution in [-0.4, -0.2) is 28.2 Å². The Morgan fingerprint density at radius 2 is 1.96 bits per heavy atom. The lowest BCUT2D eigenvalue weighted by Gasteiger charge is -2.10. The van der Waals surface area contributed by atoms with Gasteiger partial charge in [-0.15, -0.1) is 0 Å². The minimum absolute atomic E-state index is 0.116. The van der Waals surface area contributed by atoms with E-state index in [1.54, 1.807) is 12.1 Å². The Hall–Kier alpha value is -2.60. The highest BCUT2D eigenvalue weighted by Gasteiger charge is 2.07. The molecule has 0 radical (unpaired) electrons. The third-order valence-electron chi connectivity index (χ3n) is 3.33. The molecule has 5 nitrogen and oxygen atoms in total. The van der Waals surface area contributed by atoms with Gasteiger partial charge >= 0.3 is 0 Å². The lowest BCUT2D eigenvalue weighted by Crippen LogP contribution is -2.25. The maximum atomic E-state index is 12.0. The molecule has 0 saturated carbocycles. The molecule has 0 aliphatic rings. The van der Waals surface area contributed by atoms with Crippen LogP contribution in [0.15, 0.2) is 54.9 Å². The fraction of sp³-hybridized carbons (Fsp3) is 0.118. The quantitative estimate of drug-likeness (QED) is 0.631. The first-order valence-corrected chi connectivity index (χ1v) is 7.87. The van der Waals surface area contributed by atoms with Gasteiger partial charge < -0.3 is 10.6 Å². The molecule has 3 rings (SSSR count). The highest BCUT2D eigenvalue weighted by molar-refractivity contribution is 7.80. The number of hydrogen-bond acceptors (Lipinski definition) is 5. The van der Waals surface area contributed by atoms with Crippen LogP contribution in [0.2, 0.25) is 0 Å². The maximum absolute atomic E-state index is 12.0. The van der Waals surface area contributed by atoms with Crippen molar-refractivity contribution in [2.24, 2.45) is 0 Å². The van der Waals surface area contributed by atoms with Crippen molar-refractivity contribution in [1.82, 2.24) is 15.3 Å². The van der Waals surface area contributed by atoms with Gasteiger partial charge in [-0.1, -0.05) is 18.2 Å². The van der Waals surface area contributed by atoms with Gasteiger partial charge in [0.15, 0.2) is 0 Å². The minimum atomic E-state index is -0.116. The average Bonchev–Trinajstić information content (AvgIpc) is 2.60. The Balaban J connectivity index is 1.86. The van der Waals surface area contributed by atoms with E-state index >= 15 is 0 Å². The summed E-state index contributed by atoms with van der Waals surface area (Å²) in [5, 5.41) is 6.98. The first-order valence-electron chi connectivity index (χ1n) is 7.24. The molecule has 6 heteroatoms. The molecule has 0 saturated heterocycles. The van der Waals surface area contributed by atoms with E-state index in [0.29, 0.717) is 23.7 Å². The summed E-state index contributed by atoms with van der Waals surface area (Å²) in [5.74, 6) is 1.20. The van der Waals surface area contributed by atoms with E-state index in [-0.39, 0.29) is 5.91 Å². The van der Waals surface area contributed by atoms with Crippen molar-refractivity contribution in [3.8, 4) is 0 Å². The van der Waals surface area contributed by atoms with Crippen LogP contribution in [0.3, 0.4) is 0 Å². The molecule has 0 atom stereocenters. The lowest BCUT2D eigenvalue weighted by molar-refractivity contribution is 0.0956. The number of carbonyl (C=O) groups excluding carboxylic acids is 1. The second-order valence-corrected chi connectivity index (χ2v) is 5.37. The van der Waals surface area contributed by atoms with Crippen molar-refractivity contribution >= 4 is 40.9 Å². The summed E-state index contributed by atoms with van der Waals surface area (Å²) in [6, 6.07) is 15.1. The van der Waals surface area contributed by atoms with Crippen LogP contribution in [0, 0.1) is 0 Å². The van der Waals surface area contributed by atoms with Gasteiger partial charge in [0.25, 0.3) is 5.91 Å².